The molecule has 1 atom stereocenters. The summed E-state index contributed by atoms with van der Waals surface area (Å²) in [6, 6.07) is 25.3. The molecule has 4 rings (SSSR count). The zero-order valence-electron chi connectivity index (χ0n) is 19.7. The maximum absolute atomic E-state index is 12.8. The van der Waals surface area contributed by atoms with E-state index in [4.69, 9.17) is 5.10 Å². The minimum atomic E-state index is -3.81. The summed E-state index contributed by atoms with van der Waals surface area (Å²) in [5.41, 5.74) is 4.63. The first-order valence-electron chi connectivity index (χ1n) is 11.3. The summed E-state index contributed by atoms with van der Waals surface area (Å²) < 4.78 is 29.6. The molecule has 1 aromatic heterocycles. The number of nitrogens with one attached hydrogen (secondary N) is 2. The van der Waals surface area contributed by atoms with Crippen molar-refractivity contribution in [1.29, 1.82) is 0 Å². The number of sulfonamides is 1. The lowest BCUT2D eigenvalue weighted by molar-refractivity contribution is -0.122. The zero-order valence-corrected chi connectivity index (χ0v) is 20.5. The van der Waals surface area contributed by atoms with Crippen molar-refractivity contribution in [2.24, 2.45) is 0 Å². The molecule has 0 aliphatic rings. The summed E-state index contributed by atoms with van der Waals surface area (Å²) >= 11 is 0. The SMILES string of the molecule is Cc1ccc(S(=O)(=O)NC(C)C(=O)NCc2cn(Cc3ccccc3)nc2-c2ccccc2)cc1. The molecule has 0 aliphatic carbocycles. The van der Waals surface area contributed by atoms with Crippen LogP contribution < -0.4 is 10.0 Å². The molecule has 1 amide bonds. The van der Waals surface area contributed by atoms with Gasteiger partial charge in [-0.1, -0.05) is 78.4 Å². The number of amides is 1. The van der Waals surface area contributed by atoms with Crippen molar-refractivity contribution in [1.82, 2.24) is 19.8 Å². The summed E-state index contributed by atoms with van der Waals surface area (Å²) in [7, 11) is -3.81. The third kappa shape index (κ3) is 6.23. The molecule has 0 radical (unpaired) electrons. The first-order valence-corrected chi connectivity index (χ1v) is 12.8. The predicted molar refractivity (Wildman–Crippen MR) is 136 cm³/mol. The molecule has 1 unspecified atom stereocenters. The Labute approximate surface area is 205 Å². The van der Waals surface area contributed by atoms with Crippen LogP contribution in [0, 0.1) is 6.92 Å². The third-order valence-electron chi connectivity index (χ3n) is 5.58. The topological polar surface area (TPSA) is 93.1 Å². The van der Waals surface area contributed by atoms with Gasteiger partial charge in [0, 0.05) is 23.9 Å². The van der Waals surface area contributed by atoms with E-state index in [9.17, 15) is 13.2 Å². The van der Waals surface area contributed by atoms with E-state index >= 15 is 0 Å². The summed E-state index contributed by atoms with van der Waals surface area (Å²) in [5, 5.41) is 7.61. The molecule has 0 spiro atoms. The molecule has 0 bridgehead atoms. The Balaban J connectivity index is 1.47. The summed E-state index contributed by atoms with van der Waals surface area (Å²) in [5.74, 6) is -0.421. The van der Waals surface area contributed by atoms with Crippen LogP contribution in [-0.2, 0) is 27.9 Å². The fourth-order valence-electron chi connectivity index (χ4n) is 3.69. The van der Waals surface area contributed by atoms with Crippen LogP contribution in [0.1, 0.15) is 23.6 Å². The van der Waals surface area contributed by atoms with Gasteiger partial charge >= 0.3 is 0 Å². The van der Waals surface area contributed by atoms with Gasteiger partial charge in [-0.3, -0.25) is 9.48 Å². The van der Waals surface area contributed by atoms with Gasteiger partial charge in [0.25, 0.3) is 0 Å². The van der Waals surface area contributed by atoms with Gasteiger partial charge in [0.1, 0.15) is 0 Å². The molecule has 4 aromatic rings. The minimum absolute atomic E-state index is 0.122. The molecule has 180 valence electrons. The Morgan fingerprint density at radius 1 is 0.943 bits per heavy atom. The Morgan fingerprint density at radius 3 is 2.23 bits per heavy atom. The van der Waals surface area contributed by atoms with E-state index < -0.39 is 22.0 Å². The van der Waals surface area contributed by atoms with Gasteiger partial charge in [-0.2, -0.15) is 9.82 Å². The Morgan fingerprint density at radius 2 is 1.57 bits per heavy atom. The zero-order chi connectivity index (χ0) is 24.8. The number of aryl methyl sites for hydroxylation is 1. The highest BCUT2D eigenvalue weighted by Crippen LogP contribution is 2.22. The molecule has 0 saturated carbocycles. The normalized spacial score (nSPS) is 12.3. The van der Waals surface area contributed by atoms with Crippen LogP contribution in [0.5, 0.6) is 0 Å². The second kappa shape index (κ2) is 10.7. The molecular weight excluding hydrogens is 460 g/mol. The van der Waals surface area contributed by atoms with Crippen LogP contribution in [-0.4, -0.2) is 30.1 Å². The molecule has 35 heavy (non-hydrogen) atoms. The third-order valence-corrected chi connectivity index (χ3v) is 7.14. The van der Waals surface area contributed by atoms with Crippen LogP contribution in [0.15, 0.2) is 96.0 Å². The van der Waals surface area contributed by atoms with Crippen molar-refractivity contribution in [3.63, 3.8) is 0 Å². The van der Waals surface area contributed by atoms with Gasteiger partial charge in [0.2, 0.25) is 15.9 Å². The largest absolute Gasteiger partial charge is 0.351 e. The maximum Gasteiger partial charge on any atom is 0.241 e. The fourth-order valence-corrected chi connectivity index (χ4v) is 4.89. The van der Waals surface area contributed by atoms with Crippen LogP contribution in [0.2, 0.25) is 0 Å². The monoisotopic (exact) mass is 488 g/mol. The number of benzene rings is 3. The van der Waals surface area contributed by atoms with Gasteiger partial charge in [-0.15, -0.1) is 0 Å². The number of rotatable bonds is 9. The second-order valence-electron chi connectivity index (χ2n) is 8.43. The molecule has 0 fully saturated rings. The fraction of sp³-hybridized carbons (Fsp3) is 0.185. The number of hydrogen-bond donors (Lipinski definition) is 2. The highest BCUT2D eigenvalue weighted by Gasteiger charge is 2.22. The Bertz CT molecular complexity index is 1380. The van der Waals surface area contributed by atoms with Crippen molar-refractivity contribution in [3.8, 4) is 11.3 Å². The molecule has 7 nitrogen and oxygen atoms in total. The highest BCUT2D eigenvalue weighted by molar-refractivity contribution is 7.89. The minimum Gasteiger partial charge on any atom is -0.351 e. The lowest BCUT2D eigenvalue weighted by Crippen LogP contribution is -2.44. The van der Waals surface area contributed by atoms with Crippen LogP contribution >= 0.6 is 0 Å². The van der Waals surface area contributed by atoms with Gasteiger partial charge < -0.3 is 5.32 Å². The van der Waals surface area contributed by atoms with Gasteiger partial charge in [-0.05, 0) is 31.5 Å². The van der Waals surface area contributed by atoms with E-state index in [1.807, 2.05) is 78.5 Å². The number of hydrogen-bond acceptors (Lipinski definition) is 4. The lowest BCUT2D eigenvalue weighted by Gasteiger charge is -2.14. The smallest absolute Gasteiger partial charge is 0.241 e. The number of carbonyl (C=O) groups is 1. The second-order valence-corrected chi connectivity index (χ2v) is 10.1. The molecule has 1 heterocycles. The maximum atomic E-state index is 12.8. The average molecular weight is 489 g/mol. The van der Waals surface area contributed by atoms with Crippen molar-refractivity contribution in [2.45, 2.75) is 37.9 Å². The highest BCUT2D eigenvalue weighted by atomic mass is 32.2. The standard InChI is InChI=1S/C27H28N4O3S/c1-20-13-15-25(16-14-20)35(33,34)30-21(2)27(32)28-17-24-19-31(18-22-9-5-3-6-10-22)29-26(24)23-11-7-4-8-12-23/h3-16,19,21,30H,17-18H2,1-2H3,(H,28,32). The van der Waals surface area contributed by atoms with E-state index in [1.54, 1.807) is 12.1 Å². The van der Waals surface area contributed by atoms with E-state index in [-0.39, 0.29) is 11.4 Å². The van der Waals surface area contributed by atoms with E-state index in [2.05, 4.69) is 10.0 Å². The summed E-state index contributed by atoms with van der Waals surface area (Å²) in [4.78, 5) is 12.9. The lowest BCUT2D eigenvalue weighted by atomic mass is 10.1. The molecule has 3 aromatic carbocycles. The first-order chi connectivity index (χ1) is 16.8. The van der Waals surface area contributed by atoms with Crippen molar-refractivity contribution < 1.29 is 13.2 Å². The molecule has 8 heteroatoms. The summed E-state index contributed by atoms with van der Waals surface area (Å²) in [6.07, 6.45) is 1.91. The van der Waals surface area contributed by atoms with Crippen molar-refractivity contribution in [3.05, 3.63) is 108 Å². The Kier molecular flexibility index (Phi) is 7.43. The van der Waals surface area contributed by atoms with Crippen molar-refractivity contribution in [2.75, 3.05) is 0 Å². The van der Waals surface area contributed by atoms with E-state index in [0.29, 0.717) is 6.54 Å². The predicted octanol–water partition coefficient (Wildman–Crippen LogP) is 3.89. The van der Waals surface area contributed by atoms with Gasteiger partial charge in [-0.25, -0.2) is 8.42 Å². The van der Waals surface area contributed by atoms with Crippen LogP contribution in [0.3, 0.4) is 0 Å². The number of aromatic nitrogens is 2. The van der Waals surface area contributed by atoms with Gasteiger partial charge in [0.15, 0.2) is 0 Å². The van der Waals surface area contributed by atoms with E-state index in [1.165, 1.54) is 19.1 Å². The number of nitrogens with zero attached hydrogens (tertiary/aromatic N) is 2. The van der Waals surface area contributed by atoms with Crippen molar-refractivity contribution >= 4 is 15.9 Å². The molecule has 0 saturated heterocycles. The Hall–Kier alpha value is -3.75. The quantitative estimate of drug-likeness (QED) is 0.374. The van der Waals surface area contributed by atoms with Gasteiger partial charge in [0.05, 0.1) is 23.2 Å². The van der Waals surface area contributed by atoms with E-state index in [0.717, 1.165) is 27.9 Å². The molecular formula is C27H28N4O3S. The molecule has 2 N–H and O–H groups in total. The first kappa shape index (κ1) is 24.4. The van der Waals surface area contributed by atoms with Crippen LogP contribution in [0.4, 0.5) is 0 Å². The number of carbonyl (C=O) groups excluding carboxylic acids is 1. The molecule has 0 aliphatic heterocycles. The average Bonchev–Trinajstić information content (AvgIpc) is 3.26. The summed E-state index contributed by atoms with van der Waals surface area (Å²) in [6.45, 7) is 4.22. The van der Waals surface area contributed by atoms with Crippen LogP contribution in [0.25, 0.3) is 11.3 Å².